The van der Waals surface area contributed by atoms with Crippen molar-refractivity contribution < 1.29 is 4.43 Å². The van der Waals surface area contributed by atoms with Gasteiger partial charge in [-0.1, -0.05) is 34.1 Å². The predicted molar refractivity (Wildman–Crippen MR) is 61.2 cm³/mol. The van der Waals surface area contributed by atoms with Crippen molar-refractivity contribution in [2.24, 2.45) is 5.73 Å². The summed E-state index contributed by atoms with van der Waals surface area (Å²) in [6.45, 7) is 8.85. The average molecular weight is 203 g/mol. The number of rotatable bonds is 7. The molecule has 0 aromatic heterocycles. The molecule has 0 aromatic carbocycles. The van der Waals surface area contributed by atoms with E-state index in [2.05, 4.69) is 27.7 Å². The third-order valence-corrected chi connectivity index (χ3v) is 7.58. The fourth-order valence-corrected chi connectivity index (χ4v) is 4.42. The van der Waals surface area contributed by atoms with E-state index in [1.54, 1.807) is 0 Å². The first kappa shape index (κ1) is 13.1. The molecule has 0 amide bonds. The molecule has 0 heterocycles. The zero-order chi connectivity index (χ0) is 10.3. The van der Waals surface area contributed by atoms with Gasteiger partial charge in [-0.3, -0.25) is 0 Å². The molecule has 1 unspecified atom stereocenters. The summed E-state index contributed by atoms with van der Waals surface area (Å²) in [5.74, 6) is 0. The summed E-state index contributed by atoms with van der Waals surface area (Å²) >= 11 is 0. The monoisotopic (exact) mass is 203 g/mol. The summed E-state index contributed by atoms with van der Waals surface area (Å²) in [4.78, 5) is 0. The zero-order valence-corrected chi connectivity index (χ0v) is 10.6. The second-order valence-electron chi connectivity index (χ2n) is 3.69. The van der Waals surface area contributed by atoms with E-state index < -0.39 is 8.32 Å². The van der Waals surface area contributed by atoms with Gasteiger partial charge in [-0.15, -0.1) is 0 Å². The van der Waals surface area contributed by atoms with Crippen LogP contribution in [0.4, 0.5) is 0 Å². The Bertz CT molecular complexity index is 118. The second kappa shape index (κ2) is 6.57. The first-order chi connectivity index (χ1) is 6.14. The fourth-order valence-electron chi connectivity index (χ4n) is 1.66. The van der Waals surface area contributed by atoms with Crippen LogP contribution < -0.4 is 5.73 Å². The van der Waals surface area contributed by atoms with Crippen LogP contribution in [0, 0.1) is 0 Å². The Morgan fingerprint density at radius 3 is 1.85 bits per heavy atom. The lowest BCUT2D eigenvalue weighted by Crippen LogP contribution is -2.43. The van der Waals surface area contributed by atoms with E-state index in [0.29, 0.717) is 0 Å². The van der Waals surface area contributed by atoms with E-state index in [-0.39, 0.29) is 6.23 Å². The maximum absolute atomic E-state index is 6.04. The molecule has 0 aromatic rings. The molecule has 0 radical (unpaired) electrons. The standard InChI is InChI=1S/C10H25NOSi/c1-5-9-10(11)12-13(6-2,7-3)8-4/h10H,5-9,11H2,1-4H3. The zero-order valence-electron chi connectivity index (χ0n) is 9.60. The topological polar surface area (TPSA) is 35.2 Å². The first-order valence-electron chi connectivity index (χ1n) is 5.57. The molecule has 2 N–H and O–H groups in total. The van der Waals surface area contributed by atoms with E-state index >= 15 is 0 Å². The van der Waals surface area contributed by atoms with Gasteiger partial charge in [0.1, 0.15) is 0 Å². The predicted octanol–water partition coefficient (Wildman–Crippen LogP) is 3.09. The fraction of sp³-hybridized carbons (Fsp3) is 1.00. The SMILES string of the molecule is CCCC(N)O[Si](CC)(CC)CC. The van der Waals surface area contributed by atoms with Crippen molar-refractivity contribution in [1.29, 1.82) is 0 Å². The largest absolute Gasteiger partial charge is 0.402 e. The third-order valence-electron chi connectivity index (χ3n) is 2.91. The second-order valence-corrected chi connectivity index (χ2v) is 8.41. The van der Waals surface area contributed by atoms with Crippen LogP contribution in [0.25, 0.3) is 0 Å². The smallest absolute Gasteiger partial charge is 0.194 e. The quantitative estimate of drug-likeness (QED) is 0.510. The van der Waals surface area contributed by atoms with E-state index in [1.165, 1.54) is 18.1 Å². The molecular formula is C10H25NOSi. The molecule has 0 aliphatic carbocycles. The molecule has 1 atom stereocenters. The van der Waals surface area contributed by atoms with Crippen molar-refractivity contribution >= 4 is 8.32 Å². The maximum Gasteiger partial charge on any atom is 0.194 e. The Morgan fingerprint density at radius 1 is 1.08 bits per heavy atom. The van der Waals surface area contributed by atoms with Gasteiger partial charge in [0.05, 0.1) is 6.23 Å². The number of hydrogen-bond acceptors (Lipinski definition) is 2. The molecule has 0 saturated heterocycles. The van der Waals surface area contributed by atoms with Crippen LogP contribution in [0.2, 0.25) is 18.1 Å². The van der Waals surface area contributed by atoms with Crippen LogP contribution in [0.15, 0.2) is 0 Å². The van der Waals surface area contributed by atoms with Gasteiger partial charge in [0, 0.05) is 0 Å². The summed E-state index contributed by atoms with van der Waals surface area (Å²) in [6, 6.07) is 3.58. The van der Waals surface area contributed by atoms with Crippen LogP contribution in [-0.2, 0) is 4.43 Å². The lowest BCUT2D eigenvalue weighted by molar-refractivity contribution is 0.182. The Labute approximate surface area is 84.0 Å². The van der Waals surface area contributed by atoms with Crippen molar-refractivity contribution in [1.82, 2.24) is 0 Å². The van der Waals surface area contributed by atoms with Crippen LogP contribution in [0.5, 0.6) is 0 Å². The summed E-state index contributed by atoms with van der Waals surface area (Å²) in [6.07, 6.45) is 2.09. The first-order valence-corrected chi connectivity index (χ1v) is 8.10. The molecule has 0 saturated carbocycles. The molecule has 13 heavy (non-hydrogen) atoms. The highest BCUT2D eigenvalue weighted by Crippen LogP contribution is 2.23. The van der Waals surface area contributed by atoms with Gasteiger partial charge in [-0.2, -0.15) is 0 Å². The summed E-state index contributed by atoms with van der Waals surface area (Å²) < 4.78 is 6.04. The van der Waals surface area contributed by atoms with Crippen molar-refractivity contribution in [3.05, 3.63) is 0 Å². The van der Waals surface area contributed by atoms with Crippen molar-refractivity contribution in [3.8, 4) is 0 Å². The molecule has 80 valence electrons. The molecule has 0 rings (SSSR count). The third kappa shape index (κ3) is 4.25. The summed E-state index contributed by atoms with van der Waals surface area (Å²) in [7, 11) is -1.44. The van der Waals surface area contributed by atoms with Crippen molar-refractivity contribution in [3.63, 3.8) is 0 Å². The summed E-state index contributed by atoms with van der Waals surface area (Å²) in [5, 5.41) is 0. The molecule has 0 spiro atoms. The Hall–Kier alpha value is 0.137. The van der Waals surface area contributed by atoms with Crippen molar-refractivity contribution in [2.75, 3.05) is 0 Å². The van der Waals surface area contributed by atoms with Crippen LogP contribution in [-0.4, -0.2) is 14.5 Å². The van der Waals surface area contributed by atoms with Crippen LogP contribution >= 0.6 is 0 Å². The van der Waals surface area contributed by atoms with Gasteiger partial charge in [0.15, 0.2) is 8.32 Å². The molecule has 3 heteroatoms. The highest BCUT2D eigenvalue weighted by molar-refractivity contribution is 6.73. The van der Waals surface area contributed by atoms with Gasteiger partial charge >= 0.3 is 0 Å². The van der Waals surface area contributed by atoms with E-state index in [1.807, 2.05) is 0 Å². The minimum atomic E-state index is -1.44. The van der Waals surface area contributed by atoms with E-state index in [9.17, 15) is 0 Å². The van der Waals surface area contributed by atoms with Gasteiger partial charge in [0.2, 0.25) is 0 Å². The number of nitrogens with two attached hydrogens (primary N) is 1. The lowest BCUT2D eigenvalue weighted by Gasteiger charge is -2.31. The summed E-state index contributed by atoms with van der Waals surface area (Å²) in [5.41, 5.74) is 5.91. The maximum atomic E-state index is 6.04. The van der Waals surface area contributed by atoms with Gasteiger partial charge in [-0.05, 0) is 24.6 Å². The minimum absolute atomic E-state index is 0.0171. The van der Waals surface area contributed by atoms with E-state index in [0.717, 1.165) is 12.8 Å². The molecule has 0 bridgehead atoms. The number of hydrogen-bond donors (Lipinski definition) is 1. The molecular weight excluding hydrogens is 178 g/mol. The Morgan fingerprint density at radius 2 is 1.54 bits per heavy atom. The average Bonchev–Trinajstić information content (AvgIpc) is 2.15. The van der Waals surface area contributed by atoms with Crippen LogP contribution in [0.3, 0.4) is 0 Å². The highest BCUT2D eigenvalue weighted by atomic mass is 28.4. The normalized spacial score (nSPS) is 14.5. The molecule has 0 aliphatic heterocycles. The lowest BCUT2D eigenvalue weighted by atomic mass is 10.3. The van der Waals surface area contributed by atoms with Gasteiger partial charge in [0.25, 0.3) is 0 Å². The molecule has 0 fully saturated rings. The van der Waals surface area contributed by atoms with Gasteiger partial charge < -0.3 is 10.2 Å². The van der Waals surface area contributed by atoms with E-state index in [4.69, 9.17) is 10.2 Å². The Kier molecular flexibility index (Phi) is 6.64. The molecule has 0 aliphatic rings. The van der Waals surface area contributed by atoms with Crippen LogP contribution in [0.1, 0.15) is 40.5 Å². The highest BCUT2D eigenvalue weighted by Gasteiger charge is 2.30. The van der Waals surface area contributed by atoms with Crippen molar-refractivity contribution in [2.45, 2.75) is 64.9 Å². The Balaban J connectivity index is 4.07. The van der Waals surface area contributed by atoms with Gasteiger partial charge in [-0.25, -0.2) is 0 Å². The molecule has 2 nitrogen and oxygen atoms in total. The minimum Gasteiger partial charge on any atom is -0.402 e.